The molecule has 0 N–H and O–H groups in total. The molecule has 5 heteroatoms. The Kier molecular flexibility index (Phi) is 4.34. The molecule has 0 saturated carbocycles. The summed E-state index contributed by atoms with van der Waals surface area (Å²) in [5, 5.41) is 5.94. The van der Waals surface area contributed by atoms with Crippen LogP contribution >= 0.6 is 39.1 Å². The molecule has 0 radical (unpaired) electrons. The van der Waals surface area contributed by atoms with Crippen molar-refractivity contribution in [3.63, 3.8) is 0 Å². The van der Waals surface area contributed by atoms with Crippen LogP contribution in [0, 0.1) is 0 Å². The van der Waals surface area contributed by atoms with Crippen LogP contribution in [0.1, 0.15) is 5.56 Å². The SMILES string of the molecule is Clc1ccc(-c2cc(-c3ccc(CBr)cc3)on2)cc1Cl. The van der Waals surface area contributed by atoms with E-state index in [4.69, 9.17) is 27.7 Å². The smallest absolute Gasteiger partial charge is 0.167 e. The maximum atomic E-state index is 6.03. The second kappa shape index (κ2) is 6.22. The first-order valence-corrected chi connectivity index (χ1v) is 8.12. The van der Waals surface area contributed by atoms with Crippen LogP contribution in [0.2, 0.25) is 10.0 Å². The van der Waals surface area contributed by atoms with Gasteiger partial charge in [0.25, 0.3) is 0 Å². The van der Waals surface area contributed by atoms with Gasteiger partial charge >= 0.3 is 0 Å². The van der Waals surface area contributed by atoms with Gasteiger partial charge in [-0.15, -0.1) is 0 Å². The third kappa shape index (κ3) is 3.15. The molecule has 3 aromatic rings. The Morgan fingerprint density at radius 1 is 0.905 bits per heavy atom. The normalized spacial score (nSPS) is 10.8. The fourth-order valence-corrected chi connectivity index (χ4v) is 2.63. The molecule has 0 saturated heterocycles. The molecule has 0 aliphatic carbocycles. The molecule has 2 nitrogen and oxygen atoms in total. The van der Waals surface area contributed by atoms with Crippen molar-refractivity contribution < 1.29 is 4.52 Å². The summed E-state index contributed by atoms with van der Waals surface area (Å²) in [6.07, 6.45) is 0. The Labute approximate surface area is 140 Å². The molecular formula is C16H10BrCl2NO. The van der Waals surface area contributed by atoms with Crippen LogP contribution in [0.4, 0.5) is 0 Å². The van der Waals surface area contributed by atoms with E-state index in [-0.39, 0.29) is 0 Å². The van der Waals surface area contributed by atoms with Crippen LogP contribution in [0.25, 0.3) is 22.6 Å². The predicted molar refractivity (Wildman–Crippen MR) is 90.0 cm³/mol. The highest BCUT2D eigenvalue weighted by molar-refractivity contribution is 9.08. The number of halogens is 3. The Bertz CT molecular complexity index is 768. The van der Waals surface area contributed by atoms with E-state index in [1.165, 1.54) is 5.56 Å². The van der Waals surface area contributed by atoms with Crippen LogP contribution in [0.3, 0.4) is 0 Å². The summed E-state index contributed by atoms with van der Waals surface area (Å²) in [6, 6.07) is 15.4. The number of aromatic nitrogens is 1. The lowest BCUT2D eigenvalue weighted by atomic mass is 10.1. The molecule has 0 spiro atoms. The standard InChI is InChI=1S/C16H10BrCl2NO/c17-9-10-1-3-11(4-2-10)16-8-15(20-21-16)12-5-6-13(18)14(19)7-12/h1-8H,9H2. The van der Waals surface area contributed by atoms with Gasteiger partial charge in [0.15, 0.2) is 5.76 Å². The molecule has 0 unspecified atom stereocenters. The number of alkyl halides is 1. The summed E-state index contributed by atoms with van der Waals surface area (Å²) < 4.78 is 5.41. The average molecular weight is 383 g/mol. The van der Waals surface area contributed by atoms with Gasteiger partial charge in [-0.25, -0.2) is 0 Å². The minimum atomic E-state index is 0.500. The number of nitrogens with zero attached hydrogens (tertiary/aromatic N) is 1. The van der Waals surface area contributed by atoms with Crippen molar-refractivity contribution in [1.29, 1.82) is 0 Å². The first-order chi connectivity index (χ1) is 10.2. The van der Waals surface area contributed by atoms with Crippen LogP contribution < -0.4 is 0 Å². The quantitative estimate of drug-likeness (QED) is 0.503. The van der Waals surface area contributed by atoms with Crippen LogP contribution in [-0.2, 0) is 5.33 Å². The Hall–Kier alpha value is -1.29. The monoisotopic (exact) mass is 381 g/mol. The van der Waals surface area contributed by atoms with Crippen molar-refractivity contribution >= 4 is 39.1 Å². The molecule has 1 aromatic heterocycles. The van der Waals surface area contributed by atoms with Crippen molar-refractivity contribution in [2.45, 2.75) is 5.33 Å². The fraction of sp³-hybridized carbons (Fsp3) is 0.0625. The summed E-state index contributed by atoms with van der Waals surface area (Å²) >= 11 is 15.4. The lowest BCUT2D eigenvalue weighted by Gasteiger charge is -1.98. The number of benzene rings is 2. The van der Waals surface area contributed by atoms with Crippen molar-refractivity contribution in [2.24, 2.45) is 0 Å². The summed E-state index contributed by atoms with van der Waals surface area (Å²) in [5.74, 6) is 0.720. The van der Waals surface area contributed by atoms with Crippen LogP contribution in [0.5, 0.6) is 0 Å². The van der Waals surface area contributed by atoms with Gasteiger partial charge < -0.3 is 4.52 Å². The van der Waals surface area contributed by atoms with E-state index in [1.54, 1.807) is 12.1 Å². The Balaban J connectivity index is 1.93. The van der Waals surface area contributed by atoms with Crippen LogP contribution in [0.15, 0.2) is 53.1 Å². The van der Waals surface area contributed by atoms with Crippen LogP contribution in [-0.4, -0.2) is 5.16 Å². The van der Waals surface area contributed by atoms with Gasteiger partial charge in [-0.1, -0.05) is 74.6 Å². The molecule has 0 aliphatic rings. The fourth-order valence-electron chi connectivity index (χ4n) is 1.96. The summed E-state index contributed by atoms with van der Waals surface area (Å²) in [4.78, 5) is 0. The minimum absolute atomic E-state index is 0.500. The Morgan fingerprint density at radius 2 is 1.62 bits per heavy atom. The highest BCUT2D eigenvalue weighted by atomic mass is 79.9. The zero-order valence-electron chi connectivity index (χ0n) is 10.8. The lowest BCUT2D eigenvalue weighted by molar-refractivity contribution is 0.435. The van der Waals surface area contributed by atoms with Gasteiger partial charge in [-0.05, 0) is 17.7 Å². The average Bonchev–Trinajstić information content (AvgIpc) is 3.00. The summed E-state index contributed by atoms with van der Waals surface area (Å²) in [5.41, 5.74) is 3.80. The van der Waals surface area contributed by atoms with Gasteiger partial charge in [0.05, 0.1) is 10.0 Å². The van der Waals surface area contributed by atoms with Gasteiger partial charge in [0.1, 0.15) is 5.69 Å². The first-order valence-electron chi connectivity index (χ1n) is 6.25. The molecule has 0 amide bonds. The number of hydrogen-bond acceptors (Lipinski definition) is 2. The lowest BCUT2D eigenvalue weighted by Crippen LogP contribution is -1.78. The van der Waals surface area contributed by atoms with E-state index < -0.39 is 0 Å². The van der Waals surface area contributed by atoms with Crippen molar-refractivity contribution in [3.05, 3.63) is 64.1 Å². The molecule has 106 valence electrons. The molecule has 0 aliphatic heterocycles. The highest BCUT2D eigenvalue weighted by Crippen LogP contribution is 2.30. The zero-order chi connectivity index (χ0) is 14.8. The molecule has 0 bridgehead atoms. The molecule has 0 fully saturated rings. The van der Waals surface area contributed by atoms with E-state index in [9.17, 15) is 0 Å². The van der Waals surface area contributed by atoms with Crippen molar-refractivity contribution in [2.75, 3.05) is 0 Å². The van der Waals surface area contributed by atoms with Crippen molar-refractivity contribution in [3.8, 4) is 22.6 Å². The largest absolute Gasteiger partial charge is 0.356 e. The highest BCUT2D eigenvalue weighted by Gasteiger charge is 2.10. The molecule has 2 aromatic carbocycles. The van der Waals surface area contributed by atoms with E-state index >= 15 is 0 Å². The third-order valence-corrected chi connectivity index (χ3v) is 4.50. The van der Waals surface area contributed by atoms with E-state index in [1.807, 2.05) is 36.4 Å². The molecule has 3 rings (SSSR count). The third-order valence-electron chi connectivity index (χ3n) is 3.12. The molecule has 21 heavy (non-hydrogen) atoms. The van der Waals surface area contributed by atoms with E-state index in [0.29, 0.717) is 10.0 Å². The molecule has 0 atom stereocenters. The second-order valence-corrected chi connectivity index (χ2v) is 5.91. The Morgan fingerprint density at radius 3 is 2.29 bits per heavy atom. The molecule has 1 heterocycles. The maximum Gasteiger partial charge on any atom is 0.167 e. The zero-order valence-corrected chi connectivity index (χ0v) is 13.9. The van der Waals surface area contributed by atoms with Gasteiger partial charge in [-0.3, -0.25) is 0 Å². The first kappa shape index (κ1) is 14.6. The minimum Gasteiger partial charge on any atom is -0.356 e. The topological polar surface area (TPSA) is 26.0 Å². The predicted octanol–water partition coefficient (Wildman–Crippen LogP) is 6.21. The van der Waals surface area contributed by atoms with Gasteiger partial charge in [-0.2, -0.15) is 0 Å². The van der Waals surface area contributed by atoms with E-state index in [2.05, 4.69) is 21.1 Å². The van der Waals surface area contributed by atoms with Gasteiger partial charge in [0.2, 0.25) is 0 Å². The van der Waals surface area contributed by atoms with E-state index in [0.717, 1.165) is 27.9 Å². The number of hydrogen-bond donors (Lipinski definition) is 0. The second-order valence-electron chi connectivity index (χ2n) is 4.54. The number of rotatable bonds is 3. The molecular weight excluding hydrogens is 373 g/mol. The van der Waals surface area contributed by atoms with Gasteiger partial charge in [0, 0.05) is 22.5 Å². The maximum absolute atomic E-state index is 6.03. The summed E-state index contributed by atoms with van der Waals surface area (Å²) in [7, 11) is 0. The summed E-state index contributed by atoms with van der Waals surface area (Å²) in [6.45, 7) is 0. The van der Waals surface area contributed by atoms with Crippen molar-refractivity contribution in [1.82, 2.24) is 5.16 Å².